The van der Waals surface area contributed by atoms with Crippen molar-refractivity contribution in [1.82, 2.24) is 36.0 Å². The van der Waals surface area contributed by atoms with Gasteiger partial charge in [0.2, 0.25) is 0 Å². The maximum absolute atomic E-state index is 11.2. The van der Waals surface area contributed by atoms with E-state index in [0.717, 1.165) is 45.8 Å². The van der Waals surface area contributed by atoms with Crippen molar-refractivity contribution in [3.8, 4) is 0 Å². The van der Waals surface area contributed by atoms with Gasteiger partial charge in [0.05, 0.1) is 0 Å². The second-order valence-electron chi connectivity index (χ2n) is 6.20. The van der Waals surface area contributed by atoms with Gasteiger partial charge in [-0.2, -0.15) is 0 Å². The van der Waals surface area contributed by atoms with Crippen molar-refractivity contribution in [3.05, 3.63) is 0 Å². The van der Waals surface area contributed by atoms with Crippen LogP contribution < -0.4 is 27.0 Å². The van der Waals surface area contributed by atoms with Crippen LogP contribution in [0.25, 0.3) is 0 Å². The number of urea groups is 3. The third kappa shape index (κ3) is 6.23. The molecule has 6 N–H and O–H groups in total. The summed E-state index contributed by atoms with van der Waals surface area (Å²) in [6, 6.07) is -0.00115. The van der Waals surface area contributed by atoms with Crippen molar-refractivity contribution in [2.75, 3.05) is 78.5 Å². The molecule has 0 bridgehead atoms. The first-order valence-electron chi connectivity index (χ1n) is 9.11. The summed E-state index contributed by atoms with van der Waals surface area (Å²) in [4.78, 5) is 38.6. The van der Waals surface area contributed by atoms with E-state index in [9.17, 15) is 14.4 Å². The highest BCUT2D eigenvalue weighted by atomic mass is 16.2. The molecular formula is C15H30N8O3. The van der Waals surface area contributed by atoms with E-state index in [4.69, 9.17) is 5.73 Å². The van der Waals surface area contributed by atoms with Gasteiger partial charge >= 0.3 is 18.1 Å². The largest absolute Gasteiger partial charge is 0.336 e. The Bertz CT molecular complexity index is 464. The van der Waals surface area contributed by atoms with E-state index in [1.807, 2.05) is 0 Å². The monoisotopic (exact) mass is 370 g/mol. The molecule has 3 heterocycles. The Morgan fingerprint density at radius 3 is 1.50 bits per heavy atom. The van der Waals surface area contributed by atoms with E-state index in [1.165, 1.54) is 0 Å². The molecule has 3 aliphatic rings. The number of rotatable bonds is 8. The molecule has 26 heavy (non-hydrogen) atoms. The lowest BCUT2D eigenvalue weighted by molar-refractivity contribution is 0.199. The van der Waals surface area contributed by atoms with Gasteiger partial charge in [0.15, 0.2) is 0 Å². The molecular weight excluding hydrogens is 340 g/mol. The van der Waals surface area contributed by atoms with E-state index in [2.05, 4.69) is 21.3 Å². The fourth-order valence-electron chi connectivity index (χ4n) is 2.86. The molecule has 3 fully saturated rings. The number of nitrogens with one attached hydrogen (secondary N) is 4. The number of carbonyl (C=O) groups excluding carboxylic acids is 3. The zero-order chi connectivity index (χ0) is 18.8. The van der Waals surface area contributed by atoms with Gasteiger partial charge in [-0.05, 0) is 0 Å². The van der Waals surface area contributed by atoms with Crippen LogP contribution in [-0.2, 0) is 0 Å². The van der Waals surface area contributed by atoms with Gasteiger partial charge < -0.3 is 41.7 Å². The normalized spacial score (nSPS) is 19.3. The third-order valence-electron chi connectivity index (χ3n) is 4.35. The molecule has 0 atom stereocenters. The van der Waals surface area contributed by atoms with Gasteiger partial charge in [-0.3, -0.25) is 0 Å². The number of amides is 6. The van der Waals surface area contributed by atoms with Crippen LogP contribution in [0.3, 0.4) is 0 Å². The van der Waals surface area contributed by atoms with Crippen molar-refractivity contribution >= 4 is 18.1 Å². The Morgan fingerprint density at radius 1 is 0.731 bits per heavy atom. The number of hydrogen-bond donors (Lipinski definition) is 5. The molecule has 6 amide bonds. The molecule has 0 aromatic heterocycles. The van der Waals surface area contributed by atoms with E-state index < -0.39 is 0 Å². The molecule has 3 saturated heterocycles. The standard InChI is InChI=1S/C8H14N4O2.C7H16N4O/c13-7-9-1-3-11(7)5-6-12-4-2-10-8(12)14;8-1-2-9-3-5-11-6-4-10-7(11)12/h1-6H2,(H,9,13)(H,10,14);9H,1-6,8H2,(H,10,12). The van der Waals surface area contributed by atoms with Gasteiger partial charge in [0, 0.05) is 78.5 Å². The van der Waals surface area contributed by atoms with Crippen molar-refractivity contribution in [2.45, 2.75) is 0 Å². The minimum absolute atomic E-state index is 0.0235. The summed E-state index contributed by atoms with van der Waals surface area (Å²) in [5.41, 5.74) is 5.29. The van der Waals surface area contributed by atoms with E-state index in [-0.39, 0.29) is 18.1 Å². The summed E-state index contributed by atoms with van der Waals surface area (Å²) in [6.45, 7) is 8.81. The predicted octanol–water partition coefficient (Wildman–Crippen LogP) is -2.40. The summed E-state index contributed by atoms with van der Waals surface area (Å²) in [6.07, 6.45) is 0. The number of nitrogens with zero attached hydrogens (tertiary/aromatic N) is 3. The maximum Gasteiger partial charge on any atom is 0.317 e. The van der Waals surface area contributed by atoms with Crippen molar-refractivity contribution in [1.29, 1.82) is 0 Å². The quantitative estimate of drug-likeness (QED) is 0.304. The second kappa shape index (κ2) is 10.7. The molecule has 0 unspecified atom stereocenters. The molecule has 148 valence electrons. The first kappa shape index (κ1) is 20.0. The zero-order valence-corrected chi connectivity index (χ0v) is 15.1. The van der Waals surface area contributed by atoms with Crippen molar-refractivity contribution in [2.24, 2.45) is 5.73 Å². The van der Waals surface area contributed by atoms with E-state index in [0.29, 0.717) is 32.7 Å². The Hall–Kier alpha value is -2.27. The average Bonchev–Trinajstić information content (AvgIpc) is 3.34. The Balaban J connectivity index is 0.000000190. The second-order valence-corrected chi connectivity index (χ2v) is 6.20. The zero-order valence-electron chi connectivity index (χ0n) is 15.1. The maximum atomic E-state index is 11.2. The molecule has 0 radical (unpaired) electrons. The molecule has 0 saturated carbocycles. The van der Waals surface area contributed by atoms with Crippen molar-refractivity contribution in [3.63, 3.8) is 0 Å². The highest BCUT2D eigenvalue weighted by molar-refractivity contribution is 5.77. The SMILES string of the molecule is NCCNCCN1CCNC1=O.O=C1NCCN1CCN1CCNC1=O. The van der Waals surface area contributed by atoms with Gasteiger partial charge in [0.25, 0.3) is 0 Å². The highest BCUT2D eigenvalue weighted by Crippen LogP contribution is 2.00. The number of carbonyl (C=O) groups is 3. The van der Waals surface area contributed by atoms with Crippen LogP contribution in [0.2, 0.25) is 0 Å². The summed E-state index contributed by atoms with van der Waals surface area (Å²) >= 11 is 0. The van der Waals surface area contributed by atoms with Gasteiger partial charge in [-0.25, -0.2) is 14.4 Å². The molecule has 0 aliphatic carbocycles. The van der Waals surface area contributed by atoms with Crippen LogP contribution in [-0.4, -0.2) is 111 Å². The number of nitrogens with two attached hydrogens (primary N) is 1. The van der Waals surface area contributed by atoms with Crippen LogP contribution in [0.4, 0.5) is 14.4 Å². The lowest BCUT2D eigenvalue weighted by Gasteiger charge is -2.19. The van der Waals surface area contributed by atoms with Crippen LogP contribution in [0.15, 0.2) is 0 Å². The molecule has 11 heteroatoms. The minimum Gasteiger partial charge on any atom is -0.336 e. The molecule has 0 spiro atoms. The lowest BCUT2D eigenvalue weighted by Crippen LogP contribution is -2.38. The van der Waals surface area contributed by atoms with Crippen LogP contribution >= 0.6 is 0 Å². The topological polar surface area (TPSA) is 135 Å². The fraction of sp³-hybridized carbons (Fsp3) is 0.800. The van der Waals surface area contributed by atoms with Crippen LogP contribution in [0.1, 0.15) is 0 Å². The van der Waals surface area contributed by atoms with Crippen LogP contribution in [0, 0.1) is 0 Å². The van der Waals surface area contributed by atoms with E-state index in [1.54, 1.807) is 14.7 Å². The summed E-state index contributed by atoms with van der Waals surface area (Å²) in [5, 5.41) is 11.3. The van der Waals surface area contributed by atoms with Crippen molar-refractivity contribution < 1.29 is 14.4 Å². The molecule has 3 rings (SSSR count). The first-order chi connectivity index (χ1) is 12.6. The average molecular weight is 370 g/mol. The Morgan fingerprint density at radius 2 is 1.15 bits per heavy atom. The molecule has 0 aromatic rings. The van der Waals surface area contributed by atoms with Gasteiger partial charge in [-0.1, -0.05) is 0 Å². The summed E-state index contributed by atoms with van der Waals surface area (Å²) in [7, 11) is 0. The van der Waals surface area contributed by atoms with Gasteiger partial charge in [0.1, 0.15) is 0 Å². The Labute approximate surface area is 153 Å². The lowest BCUT2D eigenvalue weighted by atomic mass is 10.5. The van der Waals surface area contributed by atoms with Gasteiger partial charge in [-0.15, -0.1) is 0 Å². The molecule has 0 aromatic carbocycles. The smallest absolute Gasteiger partial charge is 0.317 e. The minimum atomic E-state index is -0.0235. The van der Waals surface area contributed by atoms with E-state index >= 15 is 0 Å². The summed E-state index contributed by atoms with van der Waals surface area (Å²) < 4.78 is 0. The first-order valence-corrected chi connectivity index (χ1v) is 9.11. The highest BCUT2D eigenvalue weighted by Gasteiger charge is 2.23. The predicted molar refractivity (Wildman–Crippen MR) is 96.8 cm³/mol. The number of hydrogen-bond acceptors (Lipinski definition) is 5. The molecule has 11 nitrogen and oxygen atoms in total. The third-order valence-corrected chi connectivity index (χ3v) is 4.35. The fourth-order valence-corrected chi connectivity index (χ4v) is 2.86. The summed E-state index contributed by atoms with van der Waals surface area (Å²) in [5.74, 6) is 0. The molecule has 3 aliphatic heterocycles. The van der Waals surface area contributed by atoms with Crippen LogP contribution in [0.5, 0.6) is 0 Å². The Kier molecular flexibility index (Phi) is 8.22.